The van der Waals surface area contributed by atoms with Gasteiger partial charge in [-0.05, 0) is 47.7 Å². The number of rotatable bonds is 5. The molecule has 2 aromatic rings. The lowest BCUT2D eigenvalue weighted by Gasteiger charge is -2.38. The number of ether oxygens (including phenoxy) is 3. The van der Waals surface area contributed by atoms with Gasteiger partial charge >= 0.3 is 0 Å². The molecule has 3 atom stereocenters. The minimum absolute atomic E-state index is 0.0482. The van der Waals surface area contributed by atoms with E-state index in [9.17, 15) is 10.1 Å². The molecule has 6 heteroatoms. The zero-order chi connectivity index (χ0) is 22.8. The van der Waals surface area contributed by atoms with Crippen molar-refractivity contribution in [2.45, 2.75) is 24.7 Å². The fourth-order valence-electron chi connectivity index (χ4n) is 4.72. The molecule has 164 valence electrons. The van der Waals surface area contributed by atoms with Crippen LogP contribution in [-0.2, 0) is 4.79 Å². The number of Topliss-reactive ketones (excluding diaryl/α,β-unsaturated/α-hetero) is 1. The van der Waals surface area contributed by atoms with E-state index in [1.54, 1.807) is 27.4 Å². The second kappa shape index (κ2) is 8.80. The van der Waals surface area contributed by atoms with Gasteiger partial charge in [-0.3, -0.25) is 4.79 Å². The summed E-state index contributed by atoms with van der Waals surface area (Å²) in [5, 5.41) is 13.2. The zero-order valence-corrected chi connectivity index (χ0v) is 18.5. The van der Waals surface area contributed by atoms with Gasteiger partial charge in [0.05, 0.1) is 33.3 Å². The fraction of sp³-hybridized carbons (Fsp3) is 0.308. The number of carbonyl (C=O) groups is 1. The second-order valence-electron chi connectivity index (χ2n) is 8.04. The van der Waals surface area contributed by atoms with Crippen molar-refractivity contribution in [3.05, 3.63) is 77.1 Å². The van der Waals surface area contributed by atoms with Gasteiger partial charge in [0.15, 0.2) is 17.3 Å². The number of hydrogen-bond acceptors (Lipinski definition) is 6. The molecule has 1 N–H and O–H groups in total. The minimum atomic E-state index is -0.562. The second-order valence-corrected chi connectivity index (χ2v) is 8.04. The topological polar surface area (TPSA) is 80.6 Å². The highest BCUT2D eigenvalue weighted by Gasteiger charge is 2.42. The summed E-state index contributed by atoms with van der Waals surface area (Å²) in [7, 11) is 4.78. The van der Waals surface area contributed by atoms with E-state index in [0.29, 0.717) is 35.6 Å². The highest BCUT2D eigenvalue weighted by Crippen LogP contribution is 2.47. The van der Waals surface area contributed by atoms with Gasteiger partial charge in [0.2, 0.25) is 0 Å². The van der Waals surface area contributed by atoms with Gasteiger partial charge in [-0.15, -0.1) is 0 Å². The first kappa shape index (κ1) is 21.5. The molecule has 1 aliphatic carbocycles. The van der Waals surface area contributed by atoms with E-state index in [-0.39, 0.29) is 11.7 Å². The average molecular weight is 431 g/mol. The van der Waals surface area contributed by atoms with Crippen LogP contribution in [0, 0.1) is 17.2 Å². The summed E-state index contributed by atoms with van der Waals surface area (Å²) in [6, 6.07) is 15.7. The maximum absolute atomic E-state index is 13.4. The molecule has 0 radical (unpaired) electrons. The number of nitriles is 1. The number of nitrogens with zero attached hydrogens (tertiary/aromatic N) is 1. The van der Waals surface area contributed by atoms with Crippen LogP contribution in [-0.4, -0.2) is 27.1 Å². The third-order valence-corrected chi connectivity index (χ3v) is 6.33. The zero-order valence-electron chi connectivity index (χ0n) is 18.5. The van der Waals surface area contributed by atoms with Crippen molar-refractivity contribution in [3.63, 3.8) is 0 Å². The molecule has 0 saturated carbocycles. The Labute approximate surface area is 188 Å². The quantitative estimate of drug-likeness (QED) is 0.755. The van der Waals surface area contributed by atoms with Crippen molar-refractivity contribution in [2.24, 2.45) is 5.92 Å². The molecule has 0 aromatic heterocycles. The van der Waals surface area contributed by atoms with E-state index in [4.69, 9.17) is 14.2 Å². The molecule has 0 amide bonds. The Balaban J connectivity index is 1.76. The van der Waals surface area contributed by atoms with Crippen molar-refractivity contribution >= 4 is 5.78 Å². The van der Waals surface area contributed by atoms with E-state index in [1.165, 1.54) is 0 Å². The molecule has 0 bridgehead atoms. The lowest BCUT2D eigenvalue weighted by atomic mass is 9.69. The molecule has 3 unspecified atom stereocenters. The Hall–Kier alpha value is -3.72. The molecule has 4 rings (SSSR count). The summed E-state index contributed by atoms with van der Waals surface area (Å²) >= 11 is 0. The number of nitrogens with one attached hydrogen (secondary N) is 1. The highest BCUT2D eigenvalue weighted by atomic mass is 16.5. The largest absolute Gasteiger partial charge is 0.497 e. The van der Waals surface area contributed by atoms with Gasteiger partial charge in [0.25, 0.3) is 0 Å². The van der Waals surface area contributed by atoms with E-state index in [2.05, 4.69) is 18.0 Å². The van der Waals surface area contributed by atoms with E-state index in [0.717, 1.165) is 22.6 Å². The molecular weight excluding hydrogens is 404 g/mol. The molecule has 2 aliphatic rings. The summed E-state index contributed by atoms with van der Waals surface area (Å²) in [6.45, 7) is 4.10. The summed E-state index contributed by atoms with van der Waals surface area (Å²) in [4.78, 5) is 13.4. The van der Waals surface area contributed by atoms with Crippen molar-refractivity contribution < 1.29 is 19.0 Å². The lowest BCUT2D eigenvalue weighted by molar-refractivity contribution is -0.116. The first-order chi connectivity index (χ1) is 15.5. The molecule has 2 aromatic carbocycles. The van der Waals surface area contributed by atoms with Crippen LogP contribution in [0.25, 0.3) is 0 Å². The Bertz CT molecular complexity index is 1130. The predicted molar refractivity (Wildman–Crippen MR) is 121 cm³/mol. The normalized spacial score (nSPS) is 22.5. The van der Waals surface area contributed by atoms with Crippen LogP contribution < -0.4 is 19.5 Å². The highest BCUT2D eigenvalue weighted by molar-refractivity contribution is 5.99. The van der Waals surface area contributed by atoms with E-state index in [1.807, 2.05) is 36.4 Å². The molecular formula is C26H26N2O4. The van der Waals surface area contributed by atoms with Crippen LogP contribution in [0.3, 0.4) is 0 Å². The first-order valence-electron chi connectivity index (χ1n) is 10.5. The molecule has 0 saturated heterocycles. The maximum Gasteiger partial charge on any atom is 0.161 e. The van der Waals surface area contributed by atoms with Crippen LogP contribution in [0.2, 0.25) is 0 Å². The Kier molecular flexibility index (Phi) is 5.91. The van der Waals surface area contributed by atoms with Crippen molar-refractivity contribution in [1.29, 1.82) is 5.26 Å². The molecule has 32 heavy (non-hydrogen) atoms. The monoisotopic (exact) mass is 430 g/mol. The van der Waals surface area contributed by atoms with E-state index < -0.39 is 11.8 Å². The van der Waals surface area contributed by atoms with Crippen LogP contribution >= 0.6 is 0 Å². The number of hydrogen-bond donors (Lipinski definition) is 1. The van der Waals surface area contributed by atoms with Crippen molar-refractivity contribution in [1.82, 2.24) is 5.32 Å². The molecule has 1 aliphatic heterocycles. The van der Waals surface area contributed by atoms with Gasteiger partial charge in [0.1, 0.15) is 5.75 Å². The number of carbonyl (C=O) groups excluding carboxylic acids is 1. The predicted octanol–water partition coefficient (Wildman–Crippen LogP) is 4.45. The SMILES string of the molecule is C=C1NC2=C(C(=O)CC(c3ccc(OC)cc3)C2)C(c2ccc(OC)c(OC)c2)C1C#N. The minimum Gasteiger partial charge on any atom is -0.497 e. The first-order valence-corrected chi connectivity index (χ1v) is 10.5. The standard InChI is InChI=1S/C26H26N2O4/c1-15-20(14-27)25(17-7-10-23(31-3)24(13-17)32-4)26-21(28-15)11-18(12-22(26)29)16-5-8-19(30-2)9-6-16/h5-10,13,18,20,25,28H,1,11-12H2,2-4H3. The van der Waals surface area contributed by atoms with E-state index >= 15 is 0 Å². The molecule has 0 spiro atoms. The van der Waals surface area contributed by atoms with Gasteiger partial charge in [-0.2, -0.15) is 5.26 Å². The van der Waals surface area contributed by atoms with Crippen molar-refractivity contribution in [2.75, 3.05) is 21.3 Å². The maximum atomic E-state index is 13.4. The van der Waals surface area contributed by atoms with Crippen LogP contribution in [0.5, 0.6) is 17.2 Å². The number of ketones is 1. The van der Waals surface area contributed by atoms with Gasteiger partial charge in [0, 0.05) is 29.3 Å². The summed E-state index contributed by atoms with van der Waals surface area (Å²) < 4.78 is 16.1. The number of allylic oxidation sites excluding steroid dienone is 3. The lowest BCUT2D eigenvalue weighted by Crippen LogP contribution is -2.38. The average Bonchev–Trinajstić information content (AvgIpc) is 2.82. The van der Waals surface area contributed by atoms with Gasteiger partial charge in [-0.25, -0.2) is 0 Å². The summed E-state index contributed by atoms with van der Waals surface area (Å²) in [5.74, 6) is 1.07. The third kappa shape index (κ3) is 3.71. The smallest absolute Gasteiger partial charge is 0.161 e. The number of benzene rings is 2. The van der Waals surface area contributed by atoms with Gasteiger partial charge < -0.3 is 19.5 Å². The Morgan fingerprint density at radius 1 is 0.969 bits per heavy atom. The third-order valence-electron chi connectivity index (χ3n) is 6.33. The Morgan fingerprint density at radius 2 is 1.66 bits per heavy atom. The van der Waals surface area contributed by atoms with Crippen LogP contribution in [0.1, 0.15) is 35.8 Å². The number of methoxy groups -OCH3 is 3. The molecule has 1 heterocycles. The summed E-state index contributed by atoms with van der Waals surface area (Å²) in [6.07, 6.45) is 1.07. The van der Waals surface area contributed by atoms with Crippen molar-refractivity contribution in [3.8, 4) is 23.3 Å². The summed E-state index contributed by atoms with van der Waals surface area (Å²) in [5.41, 5.74) is 4.04. The fourth-order valence-corrected chi connectivity index (χ4v) is 4.72. The molecule has 6 nitrogen and oxygen atoms in total. The van der Waals surface area contributed by atoms with Crippen LogP contribution in [0.15, 0.2) is 66.0 Å². The molecule has 0 fully saturated rings. The van der Waals surface area contributed by atoms with Crippen LogP contribution in [0.4, 0.5) is 0 Å². The Morgan fingerprint density at radius 3 is 2.28 bits per heavy atom. The van der Waals surface area contributed by atoms with Gasteiger partial charge in [-0.1, -0.05) is 24.8 Å².